The first-order valence-corrected chi connectivity index (χ1v) is 2.58. The molecule has 4 N–H and O–H groups in total. The average molecular weight is 115 g/mol. The number of hydrazine groups is 1. The Morgan fingerprint density at radius 1 is 1.88 bits per heavy atom. The highest BCUT2D eigenvalue weighted by molar-refractivity contribution is 5.83. The third-order valence-corrected chi connectivity index (χ3v) is 1.25. The SMILES string of the molecule is NNC1CCNC1=O. The largest absolute Gasteiger partial charge is 0.355 e. The molecule has 0 aliphatic carbocycles. The molecule has 1 atom stereocenters. The molecule has 0 saturated carbocycles. The molecule has 1 aliphatic heterocycles. The van der Waals surface area contributed by atoms with E-state index >= 15 is 0 Å². The Hall–Kier alpha value is -0.610. The van der Waals surface area contributed by atoms with Crippen molar-refractivity contribution in [2.75, 3.05) is 6.54 Å². The Balaban J connectivity index is 2.42. The molecule has 0 bridgehead atoms. The van der Waals surface area contributed by atoms with E-state index in [2.05, 4.69) is 10.7 Å². The molecule has 4 nitrogen and oxygen atoms in total. The van der Waals surface area contributed by atoms with Gasteiger partial charge < -0.3 is 5.32 Å². The summed E-state index contributed by atoms with van der Waals surface area (Å²) in [5.74, 6) is 5.02. The van der Waals surface area contributed by atoms with Gasteiger partial charge in [-0.2, -0.15) is 0 Å². The van der Waals surface area contributed by atoms with Crippen molar-refractivity contribution < 1.29 is 4.79 Å². The number of carbonyl (C=O) groups is 1. The van der Waals surface area contributed by atoms with Crippen LogP contribution in [0.5, 0.6) is 0 Å². The Kier molecular flexibility index (Phi) is 1.45. The van der Waals surface area contributed by atoms with Gasteiger partial charge in [-0.05, 0) is 6.42 Å². The highest BCUT2D eigenvalue weighted by atomic mass is 16.2. The zero-order chi connectivity index (χ0) is 5.98. The van der Waals surface area contributed by atoms with Crippen LogP contribution < -0.4 is 16.6 Å². The zero-order valence-electron chi connectivity index (χ0n) is 4.48. The number of hydrogen-bond acceptors (Lipinski definition) is 3. The van der Waals surface area contributed by atoms with Crippen molar-refractivity contribution in [3.63, 3.8) is 0 Å². The van der Waals surface area contributed by atoms with Gasteiger partial charge >= 0.3 is 0 Å². The summed E-state index contributed by atoms with van der Waals surface area (Å²) < 4.78 is 0. The van der Waals surface area contributed by atoms with Crippen molar-refractivity contribution in [2.45, 2.75) is 12.5 Å². The molecule has 8 heavy (non-hydrogen) atoms. The van der Waals surface area contributed by atoms with E-state index in [1.807, 2.05) is 0 Å². The smallest absolute Gasteiger partial charge is 0.238 e. The molecule has 1 saturated heterocycles. The van der Waals surface area contributed by atoms with Gasteiger partial charge in [0.1, 0.15) is 6.04 Å². The van der Waals surface area contributed by atoms with Crippen molar-refractivity contribution in [3.8, 4) is 0 Å². The van der Waals surface area contributed by atoms with E-state index < -0.39 is 0 Å². The number of nitrogens with two attached hydrogens (primary N) is 1. The highest BCUT2D eigenvalue weighted by Gasteiger charge is 2.21. The van der Waals surface area contributed by atoms with E-state index in [0.717, 1.165) is 13.0 Å². The van der Waals surface area contributed by atoms with Crippen LogP contribution in [0.1, 0.15) is 6.42 Å². The Bertz CT molecular complexity index is 103. The fourth-order valence-electron chi connectivity index (χ4n) is 0.753. The third-order valence-electron chi connectivity index (χ3n) is 1.25. The lowest BCUT2D eigenvalue weighted by atomic mass is 10.3. The van der Waals surface area contributed by atoms with Gasteiger partial charge in [0.25, 0.3) is 0 Å². The van der Waals surface area contributed by atoms with Gasteiger partial charge in [0.05, 0.1) is 0 Å². The molecule has 46 valence electrons. The summed E-state index contributed by atoms with van der Waals surface area (Å²) in [6, 6.07) is -0.157. The fraction of sp³-hybridized carbons (Fsp3) is 0.750. The minimum Gasteiger partial charge on any atom is -0.355 e. The van der Waals surface area contributed by atoms with Crippen molar-refractivity contribution in [1.29, 1.82) is 0 Å². The summed E-state index contributed by atoms with van der Waals surface area (Å²) in [7, 11) is 0. The lowest BCUT2D eigenvalue weighted by Gasteiger charge is -2.00. The van der Waals surface area contributed by atoms with E-state index in [1.54, 1.807) is 0 Å². The van der Waals surface area contributed by atoms with Crippen molar-refractivity contribution >= 4 is 5.91 Å². The van der Waals surface area contributed by atoms with Crippen LogP contribution in [0.2, 0.25) is 0 Å². The maximum Gasteiger partial charge on any atom is 0.238 e. The van der Waals surface area contributed by atoms with Gasteiger partial charge in [-0.3, -0.25) is 10.6 Å². The Morgan fingerprint density at radius 2 is 2.62 bits per heavy atom. The van der Waals surface area contributed by atoms with Gasteiger partial charge in [0.2, 0.25) is 5.91 Å². The quantitative estimate of drug-likeness (QED) is 0.283. The van der Waals surface area contributed by atoms with E-state index in [4.69, 9.17) is 5.84 Å². The van der Waals surface area contributed by atoms with Gasteiger partial charge in [-0.15, -0.1) is 0 Å². The normalized spacial score (nSPS) is 28.1. The van der Waals surface area contributed by atoms with Crippen LogP contribution in [0.25, 0.3) is 0 Å². The minimum absolute atomic E-state index is 0.00694. The van der Waals surface area contributed by atoms with Gasteiger partial charge in [-0.25, -0.2) is 5.43 Å². The summed E-state index contributed by atoms with van der Waals surface area (Å²) in [4.78, 5) is 10.6. The first kappa shape index (κ1) is 5.53. The molecule has 0 spiro atoms. The standard InChI is InChI=1S/C4H9N3O/c5-7-3-1-2-6-4(3)8/h3,7H,1-2,5H2,(H,6,8). The van der Waals surface area contributed by atoms with Crippen LogP contribution in [0.4, 0.5) is 0 Å². The maximum atomic E-state index is 10.6. The van der Waals surface area contributed by atoms with Crippen LogP contribution in [0.15, 0.2) is 0 Å². The number of hydrogen-bond donors (Lipinski definition) is 3. The molecule has 1 fully saturated rings. The molecule has 1 unspecified atom stereocenters. The second kappa shape index (κ2) is 2.11. The van der Waals surface area contributed by atoms with Gasteiger partial charge in [0.15, 0.2) is 0 Å². The molecule has 0 aromatic heterocycles. The third kappa shape index (κ3) is 0.801. The Morgan fingerprint density at radius 3 is 2.88 bits per heavy atom. The van der Waals surface area contributed by atoms with Gasteiger partial charge in [-0.1, -0.05) is 0 Å². The van der Waals surface area contributed by atoms with Crippen molar-refractivity contribution in [2.24, 2.45) is 5.84 Å². The molecule has 4 heteroatoms. The van der Waals surface area contributed by atoms with E-state index in [1.165, 1.54) is 0 Å². The molecule has 1 heterocycles. The fourth-order valence-corrected chi connectivity index (χ4v) is 0.753. The summed E-state index contributed by atoms with van der Waals surface area (Å²) in [5.41, 5.74) is 2.40. The topological polar surface area (TPSA) is 67.2 Å². The van der Waals surface area contributed by atoms with E-state index in [0.29, 0.717) is 0 Å². The predicted molar refractivity (Wildman–Crippen MR) is 28.7 cm³/mol. The minimum atomic E-state index is -0.157. The summed E-state index contributed by atoms with van der Waals surface area (Å²) >= 11 is 0. The monoisotopic (exact) mass is 115 g/mol. The summed E-state index contributed by atoms with van der Waals surface area (Å²) in [5, 5.41) is 2.64. The van der Waals surface area contributed by atoms with Crippen LogP contribution in [0, 0.1) is 0 Å². The Labute approximate surface area is 47.4 Å². The van der Waals surface area contributed by atoms with E-state index in [9.17, 15) is 4.79 Å². The molecule has 1 rings (SSSR count). The van der Waals surface area contributed by atoms with Crippen LogP contribution in [-0.2, 0) is 4.79 Å². The first-order valence-electron chi connectivity index (χ1n) is 2.58. The number of carbonyl (C=O) groups excluding carboxylic acids is 1. The molecule has 0 radical (unpaired) electrons. The molecule has 1 aliphatic rings. The van der Waals surface area contributed by atoms with Crippen LogP contribution in [-0.4, -0.2) is 18.5 Å². The number of nitrogens with one attached hydrogen (secondary N) is 2. The van der Waals surface area contributed by atoms with Crippen molar-refractivity contribution in [3.05, 3.63) is 0 Å². The van der Waals surface area contributed by atoms with Crippen molar-refractivity contribution in [1.82, 2.24) is 10.7 Å². The molecule has 0 aromatic rings. The summed E-state index contributed by atoms with van der Waals surface area (Å²) in [6.45, 7) is 0.744. The predicted octanol–water partition coefficient (Wildman–Crippen LogP) is -1.66. The second-order valence-electron chi connectivity index (χ2n) is 1.80. The molecule has 0 aromatic carbocycles. The molecular weight excluding hydrogens is 106 g/mol. The number of rotatable bonds is 1. The lowest BCUT2D eigenvalue weighted by molar-refractivity contribution is -0.120. The lowest BCUT2D eigenvalue weighted by Crippen LogP contribution is -2.40. The maximum absolute atomic E-state index is 10.6. The highest BCUT2D eigenvalue weighted by Crippen LogP contribution is 1.95. The first-order chi connectivity index (χ1) is 3.84. The van der Waals surface area contributed by atoms with Crippen LogP contribution >= 0.6 is 0 Å². The molecular formula is C4H9N3O. The zero-order valence-corrected chi connectivity index (χ0v) is 4.48. The number of amides is 1. The van der Waals surface area contributed by atoms with Crippen LogP contribution in [0.3, 0.4) is 0 Å². The summed E-state index contributed by atoms with van der Waals surface area (Å²) in [6.07, 6.45) is 0.801. The van der Waals surface area contributed by atoms with Gasteiger partial charge in [0, 0.05) is 6.54 Å². The average Bonchev–Trinajstić information content (AvgIpc) is 2.14. The second-order valence-corrected chi connectivity index (χ2v) is 1.80. The van der Waals surface area contributed by atoms with E-state index in [-0.39, 0.29) is 11.9 Å². The molecule has 1 amide bonds.